The molecule has 10 heteroatoms. The highest BCUT2D eigenvalue weighted by Gasteiger charge is 2.29. The van der Waals surface area contributed by atoms with Crippen LogP contribution in [0, 0.1) is 35.6 Å². The maximum atomic E-state index is 16.1. The number of nitrogens with one attached hydrogen (secondary N) is 2. The maximum Gasteiger partial charge on any atom is 0.176 e. The number of aromatic amines is 2. The summed E-state index contributed by atoms with van der Waals surface area (Å²) in [5, 5.41) is 0. The Morgan fingerprint density at radius 2 is 1.20 bits per heavy atom. The summed E-state index contributed by atoms with van der Waals surface area (Å²) in [7, 11) is 0. The fourth-order valence-electron chi connectivity index (χ4n) is 6.01. The molecule has 5 heterocycles. The Kier molecular flexibility index (Phi) is 8.26. The summed E-state index contributed by atoms with van der Waals surface area (Å²) in [6.07, 6.45) is 12.3. The summed E-state index contributed by atoms with van der Waals surface area (Å²) < 4.78 is 69.0. The number of fused-ring (bicyclic) bond motifs is 8. The third-order valence-corrected chi connectivity index (χ3v) is 9.37. The van der Waals surface area contributed by atoms with E-state index in [9.17, 15) is 0 Å². The van der Waals surface area contributed by atoms with Gasteiger partial charge in [-0.3, -0.25) is 0 Å². The molecule has 8 rings (SSSR count). The first-order chi connectivity index (χ1) is 24.9. The van der Waals surface area contributed by atoms with Gasteiger partial charge in [0.2, 0.25) is 0 Å². The van der Waals surface area contributed by atoms with Crippen LogP contribution in [0.4, 0.5) is 17.6 Å². The fourth-order valence-corrected chi connectivity index (χ4v) is 6.90. The third kappa shape index (κ3) is 6.09. The maximum absolute atomic E-state index is 16.1. The molecule has 8 bridgehead atoms. The second kappa shape index (κ2) is 13.2. The van der Waals surface area contributed by atoms with Crippen molar-refractivity contribution < 1.29 is 22.3 Å². The van der Waals surface area contributed by atoms with Crippen molar-refractivity contribution in [2.45, 2.75) is 9.79 Å². The lowest BCUT2D eigenvalue weighted by Crippen LogP contribution is -2.04. The first-order valence-corrected chi connectivity index (χ1v) is 16.5. The molecule has 6 aromatic rings. The zero-order chi connectivity index (χ0) is 35.1. The minimum Gasteiger partial charge on any atom is -0.481 e. The Hall–Kier alpha value is -6.31. The van der Waals surface area contributed by atoms with Gasteiger partial charge in [0, 0.05) is 38.1 Å². The molecule has 3 aromatic heterocycles. The van der Waals surface area contributed by atoms with Crippen molar-refractivity contribution in [3.8, 4) is 40.3 Å². The first kappa shape index (κ1) is 31.9. The highest BCUT2D eigenvalue weighted by atomic mass is 32.2. The summed E-state index contributed by atoms with van der Waals surface area (Å²) in [6.45, 7) is 0.157. The van der Waals surface area contributed by atoms with Gasteiger partial charge >= 0.3 is 0 Å². The van der Waals surface area contributed by atoms with Crippen molar-refractivity contribution >= 4 is 58.1 Å². The number of halogens is 4. The summed E-state index contributed by atoms with van der Waals surface area (Å²) in [6, 6.07) is 26.4. The van der Waals surface area contributed by atoms with E-state index in [2.05, 4.69) is 20.9 Å². The van der Waals surface area contributed by atoms with Crippen LogP contribution < -0.4 is 4.74 Å². The fraction of sp³-hybridized carbons (Fsp3) is 0.0244. The Bertz CT molecular complexity index is 2590. The van der Waals surface area contributed by atoms with Gasteiger partial charge in [-0.25, -0.2) is 27.5 Å². The number of aromatic nitrogens is 4. The lowest BCUT2D eigenvalue weighted by atomic mass is 10.0. The van der Waals surface area contributed by atoms with Crippen LogP contribution in [-0.4, -0.2) is 26.5 Å². The molecule has 0 saturated heterocycles. The van der Waals surface area contributed by atoms with Crippen LogP contribution in [-0.2, 0) is 0 Å². The van der Waals surface area contributed by atoms with Crippen LogP contribution in [0.25, 0.3) is 68.6 Å². The summed E-state index contributed by atoms with van der Waals surface area (Å²) in [5.41, 5.74) is 4.77. The minimum atomic E-state index is -1.53. The number of rotatable bonds is 6. The number of benzene rings is 3. The van der Waals surface area contributed by atoms with Gasteiger partial charge in [-0.15, -0.1) is 6.42 Å². The van der Waals surface area contributed by atoms with E-state index in [1.165, 1.54) is 0 Å². The average Bonchev–Trinajstić information content (AvgIpc) is 3.98. The van der Waals surface area contributed by atoms with Crippen LogP contribution in [0.3, 0.4) is 0 Å². The summed E-state index contributed by atoms with van der Waals surface area (Å²) in [4.78, 5) is 15.7. The summed E-state index contributed by atoms with van der Waals surface area (Å²) >= 11 is 0.604. The topological polar surface area (TPSA) is 66.6 Å². The Morgan fingerprint density at radius 3 is 1.78 bits per heavy atom. The van der Waals surface area contributed by atoms with Crippen molar-refractivity contribution in [1.82, 2.24) is 19.9 Å². The highest BCUT2D eigenvalue weighted by Crippen LogP contribution is 2.41. The number of ether oxygens (including phenoxy) is 1. The molecule has 0 fully saturated rings. The molecule has 0 saturated carbocycles. The van der Waals surface area contributed by atoms with Crippen molar-refractivity contribution in [1.29, 1.82) is 0 Å². The third-order valence-electron chi connectivity index (χ3n) is 8.30. The second-order valence-electron chi connectivity index (χ2n) is 11.6. The molecule has 0 spiro atoms. The average molecular weight is 697 g/mol. The smallest absolute Gasteiger partial charge is 0.176 e. The predicted octanol–water partition coefficient (Wildman–Crippen LogP) is 10.7. The number of H-pyrrole nitrogens is 2. The zero-order valence-corrected chi connectivity index (χ0v) is 27.3. The highest BCUT2D eigenvalue weighted by molar-refractivity contribution is 7.99. The lowest BCUT2D eigenvalue weighted by molar-refractivity contribution is 0.370. The molecule has 5 nitrogen and oxygen atoms in total. The van der Waals surface area contributed by atoms with Crippen molar-refractivity contribution in [2.75, 3.05) is 6.61 Å². The molecule has 0 radical (unpaired) electrons. The van der Waals surface area contributed by atoms with Crippen LogP contribution >= 0.6 is 11.8 Å². The van der Waals surface area contributed by atoms with E-state index >= 15 is 17.6 Å². The van der Waals surface area contributed by atoms with Gasteiger partial charge in [0.15, 0.2) is 23.3 Å². The van der Waals surface area contributed by atoms with E-state index in [-0.39, 0.29) is 23.4 Å². The van der Waals surface area contributed by atoms with Crippen LogP contribution in [0.2, 0.25) is 0 Å². The molecule has 0 aliphatic carbocycles. The van der Waals surface area contributed by atoms with Gasteiger partial charge < -0.3 is 14.7 Å². The lowest BCUT2D eigenvalue weighted by Gasteiger charge is -2.13. The standard InChI is InChI=1S/C41H24F4N4OS/c1-2-20-50-28-14-8-23(9-15-28)34-30-16-10-24(46-30)21-26-12-18-32(48-26)35(33-19-13-27(49-33)22-25-11-17-31(34)47-25)36-37(42)39(44)41(40(45)38(36)43)51-29-6-4-3-5-7-29/h1,3-19,21-22,46,49H,20H2. The number of nitrogens with zero attached hydrogens (tertiary/aromatic N) is 2. The zero-order valence-electron chi connectivity index (χ0n) is 26.5. The molecule has 248 valence electrons. The molecule has 2 N–H and O–H groups in total. The molecule has 0 unspecified atom stereocenters. The van der Waals surface area contributed by atoms with E-state index in [1.807, 2.05) is 48.6 Å². The first-order valence-electron chi connectivity index (χ1n) is 15.7. The Labute approximate surface area is 293 Å². The van der Waals surface area contributed by atoms with Gasteiger partial charge in [0.25, 0.3) is 0 Å². The van der Waals surface area contributed by atoms with Gasteiger partial charge in [-0.05, 0) is 90.5 Å². The normalized spacial score (nSPS) is 11.9. The van der Waals surface area contributed by atoms with Gasteiger partial charge in [-0.2, -0.15) is 0 Å². The molecule has 2 aliphatic heterocycles. The SMILES string of the molecule is C#CCOc1ccc(-c2c3nc(cc4ccc([nH]4)c(-c4c(F)c(F)c(Sc5ccccc5)c(F)c4F)c4nc(cc5ccc2[nH]5)C=C4)C=C3)cc1. The van der Waals surface area contributed by atoms with Crippen LogP contribution in [0.15, 0.2) is 101 Å². The summed E-state index contributed by atoms with van der Waals surface area (Å²) in [5.74, 6) is -2.95. The molecule has 0 amide bonds. The second-order valence-corrected chi connectivity index (χ2v) is 12.7. The van der Waals surface area contributed by atoms with Gasteiger partial charge in [0.1, 0.15) is 12.4 Å². The molecule has 2 aliphatic rings. The van der Waals surface area contributed by atoms with Gasteiger partial charge in [-0.1, -0.05) is 48.0 Å². The predicted molar refractivity (Wildman–Crippen MR) is 194 cm³/mol. The van der Waals surface area contributed by atoms with Gasteiger partial charge in [0.05, 0.1) is 33.2 Å². The molecule has 0 atom stereocenters. The monoisotopic (exact) mass is 696 g/mol. The molecular formula is C41H24F4N4OS. The quantitative estimate of drug-likeness (QED) is 0.103. The largest absolute Gasteiger partial charge is 0.481 e. The molecular weight excluding hydrogens is 673 g/mol. The Morgan fingerprint density at radius 1 is 0.627 bits per heavy atom. The van der Waals surface area contributed by atoms with E-state index in [0.717, 1.165) is 16.6 Å². The van der Waals surface area contributed by atoms with E-state index in [1.54, 1.807) is 66.7 Å². The van der Waals surface area contributed by atoms with E-state index < -0.39 is 33.7 Å². The Balaban J connectivity index is 1.35. The van der Waals surface area contributed by atoms with Crippen molar-refractivity contribution in [3.05, 3.63) is 137 Å². The van der Waals surface area contributed by atoms with E-state index in [0.29, 0.717) is 50.5 Å². The number of hydrogen-bond donors (Lipinski definition) is 2. The van der Waals surface area contributed by atoms with Crippen molar-refractivity contribution in [3.63, 3.8) is 0 Å². The van der Waals surface area contributed by atoms with E-state index in [4.69, 9.17) is 16.1 Å². The molecule has 51 heavy (non-hydrogen) atoms. The molecule has 3 aromatic carbocycles. The van der Waals surface area contributed by atoms with Crippen LogP contribution in [0.5, 0.6) is 5.75 Å². The minimum absolute atomic E-state index is 0.113. The number of hydrogen-bond acceptors (Lipinski definition) is 4. The van der Waals surface area contributed by atoms with Crippen molar-refractivity contribution in [2.24, 2.45) is 0 Å². The number of terminal acetylenes is 1. The van der Waals surface area contributed by atoms with Crippen LogP contribution in [0.1, 0.15) is 22.8 Å².